The molecule has 0 N–H and O–H groups in total. The lowest BCUT2D eigenvalue weighted by molar-refractivity contribution is -0.902. The van der Waals surface area contributed by atoms with Crippen LogP contribution in [0.4, 0.5) is 0 Å². The van der Waals surface area contributed by atoms with Gasteiger partial charge in [-0.3, -0.25) is 0 Å². The van der Waals surface area contributed by atoms with Gasteiger partial charge in [0.05, 0.1) is 20.1 Å². The molecule has 0 aromatic rings. The fourth-order valence-corrected chi connectivity index (χ4v) is 2.64. The first-order valence-corrected chi connectivity index (χ1v) is 6.67. The van der Waals surface area contributed by atoms with E-state index in [0.29, 0.717) is 0 Å². The van der Waals surface area contributed by atoms with E-state index in [1.165, 1.54) is 44.9 Å². The second-order valence-corrected chi connectivity index (χ2v) is 5.40. The molecule has 0 aromatic heterocycles. The summed E-state index contributed by atoms with van der Waals surface area (Å²) in [6, 6.07) is 0.889. The molecule has 1 nitrogen and oxygen atoms in total. The van der Waals surface area contributed by atoms with Crippen LogP contribution in [0.5, 0.6) is 0 Å². The van der Waals surface area contributed by atoms with Gasteiger partial charge in [0.1, 0.15) is 5.45 Å². The molecule has 1 aliphatic rings. The Bertz CT molecular complexity index is 137. The number of rotatable bonds is 2. The SMILES string of the molecule is C[N+](C)(CBr)C1CCCCCCC1. The highest BCUT2D eigenvalue weighted by atomic mass is 79.9. The molecule has 0 amide bonds. The van der Waals surface area contributed by atoms with E-state index in [9.17, 15) is 0 Å². The number of alkyl halides is 1. The molecule has 1 saturated carbocycles. The topological polar surface area (TPSA) is 0 Å². The molecular weight excluding hydrogens is 226 g/mol. The number of quaternary nitrogens is 1. The summed E-state index contributed by atoms with van der Waals surface area (Å²) < 4.78 is 1.15. The average molecular weight is 249 g/mol. The fraction of sp³-hybridized carbons (Fsp3) is 1.00. The number of halogens is 1. The van der Waals surface area contributed by atoms with Crippen LogP contribution < -0.4 is 0 Å². The van der Waals surface area contributed by atoms with Gasteiger partial charge in [-0.05, 0) is 41.6 Å². The molecule has 0 aromatic carbocycles. The van der Waals surface area contributed by atoms with Gasteiger partial charge in [-0.2, -0.15) is 0 Å². The lowest BCUT2D eigenvalue weighted by Crippen LogP contribution is -2.47. The van der Waals surface area contributed by atoms with Gasteiger partial charge < -0.3 is 4.48 Å². The Morgan fingerprint density at radius 3 is 1.92 bits per heavy atom. The van der Waals surface area contributed by atoms with Crippen LogP contribution in [0.3, 0.4) is 0 Å². The van der Waals surface area contributed by atoms with Gasteiger partial charge >= 0.3 is 0 Å². The van der Waals surface area contributed by atoms with Crippen molar-refractivity contribution < 1.29 is 4.48 Å². The summed E-state index contributed by atoms with van der Waals surface area (Å²) in [6.45, 7) is 0. The van der Waals surface area contributed by atoms with E-state index in [4.69, 9.17) is 0 Å². The quantitative estimate of drug-likeness (QED) is 0.399. The van der Waals surface area contributed by atoms with Crippen molar-refractivity contribution in [3.63, 3.8) is 0 Å². The average Bonchev–Trinajstić information content (AvgIpc) is 2.03. The number of hydrogen-bond donors (Lipinski definition) is 0. The van der Waals surface area contributed by atoms with Crippen LogP contribution in [0.1, 0.15) is 44.9 Å². The molecule has 13 heavy (non-hydrogen) atoms. The predicted octanol–water partition coefficient (Wildman–Crippen LogP) is 3.53. The Morgan fingerprint density at radius 2 is 1.46 bits per heavy atom. The first kappa shape index (κ1) is 11.5. The third-order valence-electron chi connectivity index (χ3n) is 3.37. The minimum atomic E-state index is 0.889. The maximum atomic E-state index is 3.62. The van der Waals surface area contributed by atoms with E-state index in [0.717, 1.165) is 16.0 Å². The van der Waals surface area contributed by atoms with Gasteiger partial charge in [0.2, 0.25) is 0 Å². The molecule has 0 saturated heterocycles. The van der Waals surface area contributed by atoms with Gasteiger partial charge in [0.25, 0.3) is 0 Å². The third kappa shape index (κ3) is 3.59. The van der Waals surface area contributed by atoms with Crippen molar-refractivity contribution in [2.75, 3.05) is 19.5 Å². The smallest absolute Gasteiger partial charge is 0.134 e. The van der Waals surface area contributed by atoms with E-state index >= 15 is 0 Å². The third-order valence-corrected chi connectivity index (χ3v) is 4.66. The molecule has 0 aliphatic heterocycles. The minimum Gasteiger partial charge on any atom is -0.317 e. The Balaban J connectivity index is 2.45. The summed E-state index contributed by atoms with van der Waals surface area (Å²) in [6.07, 6.45) is 10.1. The Hall–Kier alpha value is 0.440. The first-order chi connectivity index (χ1) is 6.17. The van der Waals surface area contributed by atoms with E-state index in [-0.39, 0.29) is 0 Å². The van der Waals surface area contributed by atoms with Crippen molar-refractivity contribution in [2.24, 2.45) is 0 Å². The molecule has 1 fully saturated rings. The van der Waals surface area contributed by atoms with Crippen LogP contribution in [-0.2, 0) is 0 Å². The molecule has 0 bridgehead atoms. The van der Waals surface area contributed by atoms with E-state index in [2.05, 4.69) is 30.0 Å². The summed E-state index contributed by atoms with van der Waals surface area (Å²) in [5.41, 5.74) is 1.09. The molecule has 78 valence electrons. The lowest BCUT2D eigenvalue weighted by Gasteiger charge is -2.37. The summed E-state index contributed by atoms with van der Waals surface area (Å²) in [7, 11) is 4.70. The highest BCUT2D eigenvalue weighted by molar-refractivity contribution is 9.09. The molecule has 1 aliphatic carbocycles. The summed E-state index contributed by atoms with van der Waals surface area (Å²) in [5.74, 6) is 0. The summed E-state index contributed by atoms with van der Waals surface area (Å²) >= 11 is 3.62. The molecule has 0 spiro atoms. The molecule has 2 heteroatoms. The number of hydrogen-bond acceptors (Lipinski definition) is 0. The van der Waals surface area contributed by atoms with E-state index in [1.54, 1.807) is 0 Å². The van der Waals surface area contributed by atoms with Gasteiger partial charge in [0.15, 0.2) is 0 Å². The first-order valence-electron chi connectivity index (χ1n) is 5.55. The number of nitrogens with zero attached hydrogens (tertiary/aromatic N) is 1. The molecule has 0 radical (unpaired) electrons. The van der Waals surface area contributed by atoms with Crippen molar-refractivity contribution in [3.05, 3.63) is 0 Å². The monoisotopic (exact) mass is 248 g/mol. The zero-order chi connectivity index (χ0) is 9.73. The second-order valence-electron chi connectivity index (χ2n) is 4.90. The van der Waals surface area contributed by atoms with Crippen molar-refractivity contribution in [2.45, 2.75) is 51.0 Å². The summed E-state index contributed by atoms with van der Waals surface area (Å²) in [4.78, 5) is 0. The highest BCUT2D eigenvalue weighted by Crippen LogP contribution is 2.24. The van der Waals surface area contributed by atoms with Crippen molar-refractivity contribution in [1.82, 2.24) is 0 Å². The van der Waals surface area contributed by atoms with Crippen LogP contribution >= 0.6 is 15.9 Å². The van der Waals surface area contributed by atoms with Crippen LogP contribution in [0.25, 0.3) is 0 Å². The zero-order valence-electron chi connectivity index (χ0n) is 9.06. The Labute approximate surface area is 91.2 Å². The van der Waals surface area contributed by atoms with E-state index < -0.39 is 0 Å². The van der Waals surface area contributed by atoms with Gasteiger partial charge in [-0.15, -0.1) is 0 Å². The van der Waals surface area contributed by atoms with Gasteiger partial charge in [-0.25, -0.2) is 0 Å². The van der Waals surface area contributed by atoms with Crippen molar-refractivity contribution in [3.8, 4) is 0 Å². The maximum Gasteiger partial charge on any atom is 0.134 e. The molecular formula is C11H23BrN+. The maximum absolute atomic E-state index is 3.62. The van der Waals surface area contributed by atoms with Crippen molar-refractivity contribution >= 4 is 15.9 Å². The molecule has 0 heterocycles. The van der Waals surface area contributed by atoms with Crippen LogP contribution in [0.15, 0.2) is 0 Å². The largest absolute Gasteiger partial charge is 0.317 e. The standard InChI is InChI=1S/C11H23BrN/c1-13(2,10-12)11-8-6-4-3-5-7-9-11/h11H,3-10H2,1-2H3/q+1. The molecule has 1 rings (SSSR count). The van der Waals surface area contributed by atoms with Crippen LogP contribution in [0.2, 0.25) is 0 Å². The normalized spacial score (nSPS) is 22.4. The Kier molecular flexibility index (Phi) is 4.74. The van der Waals surface area contributed by atoms with Gasteiger partial charge in [-0.1, -0.05) is 19.3 Å². The van der Waals surface area contributed by atoms with Crippen molar-refractivity contribution in [1.29, 1.82) is 0 Å². The lowest BCUT2D eigenvalue weighted by atomic mass is 9.95. The van der Waals surface area contributed by atoms with Gasteiger partial charge in [0, 0.05) is 0 Å². The Morgan fingerprint density at radius 1 is 1.00 bits per heavy atom. The predicted molar refractivity (Wildman–Crippen MR) is 62.0 cm³/mol. The minimum absolute atomic E-state index is 0.889. The molecule has 0 unspecified atom stereocenters. The highest BCUT2D eigenvalue weighted by Gasteiger charge is 2.26. The summed E-state index contributed by atoms with van der Waals surface area (Å²) in [5, 5.41) is 0. The molecule has 0 atom stereocenters. The van der Waals surface area contributed by atoms with Crippen LogP contribution in [-0.4, -0.2) is 30.1 Å². The second kappa shape index (κ2) is 5.35. The fourth-order valence-electron chi connectivity index (χ4n) is 2.23. The van der Waals surface area contributed by atoms with Crippen LogP contribution in [0, 0.1) is 0 Å². The zero-order valence-corrected chi connectivity index (χ0v) is 10.6. The van der Waals surface area contributed by atoms with E-state index in [1.807, 2.05) is 0 Å².